The number of aliphatic hydroxyl groups excluding tert-OH is 1. The molecule has 0 aliphatic carbocycles. The third-order valence-corrected chi connectivity index (χ3v) is 3.13. The van der Waals surface area contributed by atoms with E-state index in [0.29, 0.717) is 6.61 Å². The Morgan fingerprint density at radius 3 is 2.50 bits per heavy atom. The van der Waals surface area contributed by atoms with Crippen LogP contribution >= 0.6 is 0 Å². The zero-order valence-corrected chi connectivity index (χ0v) is 12.6. The molecule has 116 valence electrons. The quantitative estimate of drug-likeness (QED) is 0.446. The summed E-state index contributed by atoms with van der Waals surface area (Å²) < 4.78 is 5.80. The third kappa shape index (κ3) is 4.70. The highest BCUT2D eigenvalue weighted by Gasteiger charge is 2.13. The summed E-state index contributed by atoms with van der Waals surface area (Å²) in [6.07, 6.45) is 0.833. The summed E-state index contributed by atoms with van der Waals surface area (Å²) in [6.45, 7) is 5.79. The second-order valence-corrected chi connectivity index (χ2v) is 4.85. The molecule has 2 N–H and O–H groups in total. The van der Waals surface area contributed by atoms with Gasteiger partial charge in [-0.3, -0.25) is 4.84 Å². The fourth-order valence-electron chi connectivity index (χ4n) is 2.06. The number of benzene rings is 2. The van der Waals surface area contributed by atoms with Crippen LogP contribution in [0, 0.1) is 0 Å². The van der Waals surface area contributed by atoms with Gasteiger partial charge in [0.15, 0.2) is 6.29 Å². The van der Waals surface area contributed by atoms with Gasteiger partial charge in [0.05, 0.1) is 6.04 Å². The number of hydrogen-bond acceptors (Lipinski definition) is 4. The summed E-state index contributed by atoms with van der Waals surface area (Å²) >= 11 is 0. The largest absolute Gasteiger partial charge is 0.489 e. The van der Waals surface area contributed by atoms with Gasteiger partial charge < -0.3 is 9.84 Å². The Hall–Kier alpha value is -2.14. The Balaban J connectivity index is 2.09. The van der Waals surface area contributed by atoms with E-state index in [1.54, 1.807) is 6.08 Å². The first-order valence-corrected chi connectivity index (χ1v) is 7.18. The van der Waals surface area contributed by atoms with Gasteiger partial charge in [0, 0.05) is 0 Å². The molecule has 0 radical (unpaired) electrons. The molecule has 2 unspecified atom stereocenters. The maximum atomic E-state index is 9.22. The second-order valence-electron chi connectivity index (χ2n) is 4.85. The predicted octanol–water partition coefficient (Wildman–Crippen LogP) is 3.35. The van der Waals surface area contributed by atoms with Crippen LogP contribution in [0.2, 0.25) is 0 Å². The van der Waals surface area contributed by atoms with E-state index in [1.165, 1.54) is 6.92 Å². The van der Waals surface area contributed by atoms with Crippen LogP contribution in [0.3, 0.4) is 0 Å². The molecule has 2 rings (SSSR count). The van der Waals surface area contributed by atoms with Gasteiger partial charge in [-0.1, -0.05) is 48.5 Å². The molecule has 0 aromatic heterocycles. The van der Waals surface area contributed by atoms with Crippen LogP contribution in [0.15, 0.2) is 67.3 Å². The number of aliphatic hydroxyl groups is 1. The minimum Gasteiger partial charge on any atom is -0.489 e. The van der Waals surface area contributed by atoms with E-state index in [9.17, 15) is 5.11 Å². The first-order chi connectivity index (χ1) is 10.7. The summed E-state index contributed by atoms with van der Waals surface area (Å²) in [6, 6.07) is 17.3. The average Bonchev–Trinajstić information content (AvgIpc) is 2.55. The molecule has 0 amide bonds. The normalized spacial score (nSPS) is 13.4. The van der Waals surface area contributed by atoms with Crippen molar-refractivity contribution in [2.45, 2.75) is 25.9 Å². The number of ether oxygens (including phenoxy) is 1. The maximum absolute atomic E-state index is 9.22. The number of para-hydroxylation sites is 1. The van der Waals surface area contributed by atoms with Crippen LogP contribution in [-0.2, 0) is 11.4 Å². The molecule has 4 heteroatoms. The van der Waals surface area contributed by atoms with Gasteiger partial charge in [-0.2, -0.15) is 5.48 Å². The lowest BCUT2D eigenvalue weighted by Gasteiger charge is -2.19. The van der Waals surface area contributed by atoms with Crippen LogP contribution in [0.5, 0.6) is 5.75 Å². The number of nitrogens with one attached hydrogen (secondary N) is 1. The molecule has 2 atom stereocenters. The molecule has 0 heterocycles. The molecule has 2 aromatic carbocycles. The van der Waals surface area contributed by atoms with E-state index in [-0.39, 0.29) is 6.04 Å². The predicted molar refractivity (Wildman–Crippen MR) is 86.1 cm³/mol. The molecule has 0 aliphatic rings. The van der Waals surface area contributed by atoms with Gasteiger partial charge in [0.25, 0.3) is 0 Å². The average molecular weight is 299 g/mol. The molecule has 0 spiro atoms. The Bertz CT molecular complexity index is 584. The van der Waals surface area contributed by atoms with Gasteiger partial charge in [-0.25, -0.2) is 0 Å². The fourth-order valence-corrected chi connectivity index (χ4v) is 2.06. The summed E-state index contributed by atoms with van der Waals surface area (Å²) in [5.74, 6) is 0.820. The standard InChI is InChI=1S/C18H21NO3/c1-3-18(19-22-14(2)20)17-12-8-7-9-15(17)13-21-16-10-5-4-6-11-16/h3-12,14,18-20H,1,13H2,2H3. The minimum atomic E-state index is -0.893. The Kier molecular flexibility index (Phi) is 6.15. The number of hydrogen-bond donors (Lipinski definition) is 2. The Labute approximate surface area is 131 Å². The third-order valence-electron chi connectivity index (χ3n) is 3.13. The number of rotatable bonds is 8. The molecule has 0 saturated heterocycles. The van der Waals surface area contributed by atoms with Crippen molar-refractivity contribution >= 4 is 0 Å². The van der Waals surface area contributed by atoms with Crippen molar-refractivity contribution in [2.75, 3.05) is 0 Å². The molecule has 0 aliphatic heterocycles. The number of hydroxylamine groups is 1. The molecular weight excluding hydrogens is 278 g/mol. The van der Waals surface area contributed by atoms with Crippen molar-refractivity contribution in [3.8, 4) is 5.75 Å². The molecule has 22 heavy (non-hydrogen) atoms. The fraction of sp³-hybridized carbons (Fsp3) is 0.222. The van der Waals surface area contributed by atoms with E-state index in [0.717, 1.165) is 16.9 Å². The smallest absolute Gasteiger partial charge is 0.171 e. The highest BCUT2D eigenvalue weighted by molar-refractivity contribution is 5.32. The molecule has 0 saturated carbocycles. The molecule has 2 aromatic rings. The molecule has 0 fully saturated rings. The zero-order chi connectivity index (χ0) is 15.8. The van der Waals surface area contributed by atoms with Gasteiger partial charge in [-0.15, -0.1) is 6.58 Å². The zero-order valence-electron chi connectivity index (χ0n) is 12.6. The highest BCUT2D eigenvalue weighted by Crippen LogP contribution is 2.21. The van der Waals surface area contributed by atoms with E-state index in [2.05, 4.69) is 12.1 Å². The highest BCUT2D eigenvalue weighted by atomic mass is 16.7. The second kappa shape index (κ2) is 8.34. The molecular formula is C18H21NO3. The van der Waals surface area contributed by atoms with Crippen molar-refractivity contribution < 1.29 is 14.7 Å². The van der Waals surface area contributed by atoms with E-state index >= 15 is 0 Å². The van der Waals surface area contributed by atoms with Crippen molar-refractivity contribution in [1.29, 1.82) is 0 Å². The topological polar surface area (TPSA) is 50.7 Å². The maximum Gasteiger partial charge on any atom is 0.171 e. The van der Waals surface area contributed by atoms with Crippen LogP contribution in [0.1, 0.15) is 24.1 Å². The van der Waals surface area contributed by atoms with E-state index < -0.39 is 6.29 Å². The minimum absolute atomic E-state index is 0.231. The lowest BCUT2D eigenvalue weighted by atomic mass is 10.0. The van der Waals surface area contributed by atoms with Crippen molar-refractivity contribution in [1.82, 2.24) is 5.48 Å². The van der Waals surface area contributed by atoms with Gasteiger partial charge in [-0.05, 0) is 30.2 Å². The lowest BCUT2D eigenvalue weighted by Crippen LogP contribution is -2.25. The monoisotopic (exact) mass is 299 g/mol. The molecule has 4 nitrogen and oxygen atoms in total. The van der Waals surface area contributed by atoms with Crippen molar-refractivity contribution in [2.24, 2.45) is 0 Å². The summed E-state index contributed by atoms with van der Waals surface area (Å²) in [7, 11) is 0. The van der Waals surface area contributed by atoms with E-state index in [4.69, 9.17) is 9.57 Å². The van der Waals surface area contributed by atoms with Crippen molar-refractivity contribution in [3.05, 3.63) is 78.4 Å². The van der Waals surface area contributed by atoms with Crippen LogP contribution < -0.4 is 10.2 Å². The lowest BCUT2D eigenvalue weighted by molar-refractivity contribution is -0.141. The van der Waals surface area contributed by atoms with Gasteiger partial charge in [0.1, 0.15) is 12.4 Å². The summed E-state index contributed by atoms with van der Waals surface area (Å²) in [4.78, 5) is 5.06. The van der Waals surface area contributed by atoms with E-state index in [1.807, 2.05) is 54.6 Å². The first kappa shape index (κ1) is 16.2. The summed E-state index contributed by atoms with van der Waals surface area (Å²) in [5, 5.41) is 9.22. The van der Waals surface area contributed by atoms with Crippen LogP contribution in [-0.4, -0.2) is 11.4 Å². The van der Waals surface area contributed by atoms with Crippen molar-refractivity contribution in [3.63, 3.8) is 0 Å². The van der Waals surface area contributed by atoms with Gasteiger partial charge >= 0.3 is 0 Å². The molecule has 0 bridgehead atoms. The first-order valence-electron chi connectivity index (χ1n) is 7.18. The summed E-state index contributed by atoms with van der Waals surface area (Å²) in [5.41, 5.74) is 4.82. The van der Waals surface area contributed by atoms with Gasteiger partial charge in [0.2, 0.25) is 0 Å². The van der Waals surface area contributed by atoms with Crippen LogP contribution in [0.4, 0.5) is 0 Å². The Morgan fingerprint density at radius 2 is 1.82 bits per heavy atom. The Morgan fingerprint density at radius 1 is 1.14 bits per heavy atom. The SMILES string of the molecule is C=CC(NOC(C)O)c1ccccc1COc1ccccc1. The van der Waals surface area contributed by atoms with Crippen LogP contribution in [0.25, 0.3) is 0 Å².